The number of nitrogens with zero attached hydrogens (tertiary/aromatic N) is 1. The Morgan fingerprint density at radius 2 is 1.94 bits per heavy atom. The maximum absolute atomic E-state index is 10.8. The van der Waals surface area contributed by atoms with Crippen LogP contribution in [0.4, 0.5) is 0 Å². The first-order valence-electron chi connectivity index (χ1n) is 5.96. The molecule has 2 aromatic rings. The van der Waals surface area contributed by atoms with Crippen LogP contribution in [0.1, 0.15) is 35.3 Å². The molecule has 0 aliphatic rings. The zero-order valence-corrected chi connectivity index (χ0v) is 10.0. The van der Waals surface area contributed by atoms with Crippen molar-refractivity contribution in [1.29, 1.82) is 0 Å². The lowest BCUT2D eigenvalue weighted by Gasteiger charge is -2.13. The number of rotatable bonds is 5. The van der Waals surface area contributed by atoms with E-state index < -0.39 is 0 Å². The summed E-state index contributed by atoms with van der Waals surface area (Å²) in [5, 5.41) is 0. The Balaban J connectivity index is 1.97. The van der Waals surface area contributed by atoms with Crippen LogP contribution >= 0.6 is 0 Å². The maximum atomic E-state index is 10.8. The number of benzene rings is 1. The standard InChI is InChI=1S/C15H17NO/c1-13(14-6-3-2-4-7-14)9-11-16-10-5-8-15(16)12-17/h2-8,10,12-13H,9,11H2,1H3. The first-order chi connectivity index (χ1) is 8.31. The highest BCUT2D eigenvalue weighted by atomic mass is 16.1. The maximum Gasteiger partial charge on any atom is 0.166 e. The molecular weight excluding hydrogens is 210 g/mol. The highest BCUT2D eigenvalue weighted by Gasteiger charge is 2.06. The SMILES string of the molecule is CC(CCn1cccc1C=O)c1ccccc1. The van der Waals surface area contributed by atoms with E-state index in [0.717, 1.165) is 24.9 Å². The third-order valence-corrected chi connectivity index (χ3v) is 3.16. The summed E-state index contributed by atoms with van der Waals surface area (Å²) in [5.41, 5.74) is 2.11. The van der Waals surface area contributed by atoms with Gasteiger partial charge in [0, 0.05) is 12.7 Å². The van der Waals surface area contributed by atoms with E-state index >= 15 is 0 Å². The lowest BCUT2D eigenvalue weighted by atomic mass is 9.98. The highest BCUT2D eigenvalue weighted by Crippen LogP contribution is 2.19. The molecule has 0 amide bonds. The van der Waals surface area contributed by atoms with Crippen LogP contribution in [0.25, 0.3) is 0 Å². The van der Waals surface area contributed by atoms with Crippen LogP contribution in [-0.2, 0) is 6.54 Å². The Kier molecular flexibility index (Phi) is 3.76. The monoisotopic (exact) mass is 227 g/mol. The van der Waals surface area contributed by atoms with Crippen LogP contribution in [0.2, 0.25) is 0 Å². The van der Waals surface area contributed by atoms with Crippen molar-refractivity contribution < 1.29 is 4.79 Å². The molecule has 1 heterocycles. The van der Waals surface area contributed by atoms with Crippen LogP contribution in [0.5, 0.6) is 0 Å². The van der Waals surface area contributed by atoms with Crippen LogP contribution in [0.15, 0.2) is 48.7 Å². The molecule has 1 aromatic heterocycles. The molecule has 0 saturated carbocycles. The van der Waals surface area contributed by atoms with E-state index in [2.05, 4.69) is 31.2 Å². The van der Waals surface area contributed by atoms with Crippen LogP contribution in [-0.4, -0.2) is 10.9 Å². The molecule has 0 aliphatic heterocycles. The summed E-state index contributed by atoms with van der Waals surface area (Å²) >= 11 is 0. The molecule has 1 atom stereocenters. The van der Waals surface area contributed by atoms with Crippen LogP contribution in [0, 0.1) is 0 Å². The van der Waals surface area contributed by atoms with Crippen LogP contribution < -0.4 is 0 Å². The Morgan fingerprint density at radius 3 is 2.65 bits per heavy atom. The number of aromatic nitrogens is 1. The minimum Gasteiger partial charge on any atom is -0.345 e. The number of aryl methyl sites for hydroxylation is 1. The second kappa shape index (κ2) is 5.48. The summed E-state index contributed by atoms with van der Waals surface area (Å²) in [6.07, 6.45) is 3.91. The van der Waals surface area contributed by atoms with Gasteiger partial charge in [-0.25, -0.2) is 0 Å². The molecule has 0 saturated heterocycles. The molecule has 17 heavy (non-hydrogen) atoms. The van der Waals surface area contributed by atoms with Gasteiger partial charge in [-0.1, -0.05) is 37.3 Å². The average molecular weight is 227 g/mol. The van der Waals surface area contributed by atoms with Crippen LogP contribution in [0.3, 0.4) is 0 Å². The fraction of sp³-hybridized carbons (Fsp3) is 0.267. The molecule has 2 heteroatoms. The third-order valence-electron chi connectivity index (χ3n) is 3.16. The van der Waals surface area contributed by atoms with Crippen molar-refractivity contribution in [2.45, 2.75) is 25.8 Å². The van der Waals surface area contributed by atoms with Crippen molar-refractivity contribution in [1.82, 2.24) is 4.57 Å². The lowest BCUT2D eigenvalue weighted by molar-refractivity contribution is 0.111. The molecule has 2 nitrogen and oxygen atoms in total. The van der Waals surface area contributed by atoms with Gasteiger partial charge in [-0.2, -0.15) is 0 Å². The summed E-state index contributed by atoms with van der Waals surface area (Å²) in [5.74, 6) is 0.512. The molecule has 1 aromatic carbocycles. The van der Waals surface area contributed by atoms with Crippen molar-refractivity contribution >= 4 is 6.29 Å². The van der Waals surface area contributed by atoms with E-state index in [1.54, 1.807) is 0 Å². The molecule has 0 N–H and O–H groups in total. The Labute approximate surface area is 102 Å². The summed E-state index contributed by atoms with van der Waals surface area (Å²) in [6, 6.07) is 14.2. The second-order valence-electron chi connectivity index (χ2n) is 4.34. The molecule has 0 radical (unpaired) electrons. The molecule has 2 rings (SSSR count). The predicted octanol–water partition coefficient (Wildman–Crippen LogP) is 3.49. The van der Waals surface area contributed by atoms with Gasteiger partial charge in [-0.15, -0.1) is 0 Å². The van der Waals surface area contributed by atoms with E-state index in [-0.39, 0.29) is 0 Å². The first kappa shape index (κ1) is 11.6. The molecule has 0 fully saturated rings. The molecular formula is C15H17NO. The van der Waals surface area contributed by atoms with E-state index in [9.17, 15) is 4.79 Å². The third kappa shape index (κ3) is 2.84. The minimum absolute atomic E-state index is 0.512. The van der Waals surface area contributed by atoms with Crippen molar-refractivity contribution in [2.75, 3.05) is 0 Å². The van der Waals surface area contributed by atoms with E-state index in [4.69, 9.17) is 0 Å². The fourth-order valence-corrected chi connectivity index (χ4v) is 2.02. The number of aldehydes is 1. The van der Waals surface area contributed by atoms with Gasteiger partial charge in [0.1, 0.15) is 0 Å². The molecule has 88 valence electrons. The summed E-state index contributed by atoms with van der Waals surface area (Å²) in [7, 11) is 0. The van der Waals surface area contributed by atoms with Gasteiger partial charge in [0.15, 0.2) is 6.29 Å². The summed E-state index contributed by atoms with van der Waals surface area (Å²) in [6.45, 7) is 3.11. The second-order valence-corrected chi connectivity index (χ2v) is 4.34. The van der Waals surface area contributed by atoms with Gasteiger partial charge in [-0.3, -0.25) is 4.79 Å². The molecule has 0 spiro atoms. The number of carbonyl (C=O) groups excluding carboxylic acids is 1. The average Bonchev–Trinajstić information content (AvgIpc) is 2.84. The zero-order valence-electron chi connectivity index (χ0n) is 10.0. The highest BCUT2D eigenvalue weighted by molar-refractivity contribution is 5.72. The lowest BCUT2D eigenvalue weighted by Crippen LogP contribution is -2.04. The summed E-state index contributed by atoms with van der Waals surface area (Å²) < 4.78 is 2.01. The van der Waals surface area contributed by atoms with Gasteiger partial charge in [0.05, 0.1) is 5.69 Å². The van der Waals surface area contributed by atoms with Crippen molar-refractivity contribution in [3.05, 3.63) is 59.9 Å². The topological polar surface area (TPSA) is 22.0 Å². The Morgan fingerprint density at radius 1 is 1.18 bits per heavy atom. The van der Waals surface area contributed by atoms with E-state index in [1.807, 2.05) is 29.0 Å². The van der Waals surface area contributed by atoms with E-state index in [1.165, 1.54) is 5.56 Å². The van der Waals surface area contributed by atoms with Gasteiger partial charge >= 0.3 is 0 Å². The Bertz CT molecular complexity index is 473. The van der Waals surface area contributed by atoms with E-state index in [0.29, 0.717) is 5.92 Å². The quantitative estimate of drug-likeness (QED) is 0.717. The predicted molar refractivity (Wildman–Crippen MR) is 69.3 cm³/mol. The number of carbonyl (C=O) groups is 1. The van der Waals surface area contributed by atoms with Crippen molar-refractivity contribution in [2.24, 2.45) is 0 Å². The normalized spacial score (nSPS) is 12.3. The van der Waals surface area contributed by atoms with Gasteiger partial charge in [-0.05, 0) is 30.0 Å². The van der Waals surface area contributed by atoms with Gasteiger partial charge < -0.3 is 4.57 Å². The van der Waals surface area contributed by atoms with Gasteiger partial charge in [0.2, 0.25) is 0 Å². The minimum atomic E-state index is 0.512. The summed E-state index contributed by atoms with van der Waals surface area (Å²) in [4.78, 5) is 10.8. The molecule has 1 unspecified atom stereocenters. The van der Waals surface area contributed by atoms with Gasteiger partial charge in [0.25, 0.3) is 0 Å². The largest absolute Gasteiger partial charge is 0.345 e. The molecule has 0 aliphatic carbocycles. The first-order valence-corrected chi connectivity index (χ1v) is 5.96. The molecule has 0 bridgehead atoms. The van der Waals surface area contributed by atoms with Crippen molar-refractivity contribution in [3.63, 3.8) is 0 Å². The fourth-order valence-electron chi connectivity index (χ4n) is 2.02. The zero-order chi connectivity index (χ0) is 12.1. The number of hydrogen-bond donors (Lipinski definition) is 0. The smallest absolute Gasteiger partial charge is 0.166 e. The van der Waals surface area contributed by atoms with Crippen molar-refractivity contribution in [3.8, 4) is 0 Å². The number of hydrogen-bond acceptors (Lipinski definition) is 1. The Hall–Kier alpha value is -1.83.